The lowest BCUT2D eigenvalue weighted by atomic mass is 9.96. The number of carbonyl (C=O) groups excluding carboxylic acids is 1. The number of nitrogens with zero attached hydrogens (tertiary/aromatic N) is 4. The van der Waals surface area contributed by atoms with E-state index in [1.807, 2.05) is 29.7 Å². The van der Waals surface area contributed by atoms with Crippen LogP contribution in [0.4, 0.5) is 0 Å². The molecule has 3 rings (SSSR count). The van der Waals surface area contributed by atoms with Gasteiger partial charge in [0.15, 0.2) is 0 Å². The summed E-state index contributed by atoms with van der Waals surface area (Å²) in [5.74, 6) is 1.60. The average molecular weight is 334 g/mol. The first-order valence-electron chi connectivity index (χ1n) is 8.01. The van der Waals surface area contributed by atoms with Gasteiger partial charge in [-0.1, -0.05) is 0 Å². The van der Waals surface area contributed by atoms with Crippen molar-refractivity contribution in [2.24, 2.45) is 0 Å². The summed E-state index contributed by atoms with van der Waals surface area (Å²) in [5, 5.41) is 2.07. The van der Waals surface area contributed by atoms with Gasteiger partial charge in [0.1, 0.15) is 12.4 Å². The minimum Gasteiger partial charge on any atom is -0.372 e. The Morgan fingerprint density at radius 2 is 2.22 bits per heavy atom. The van der Waals surface area contributed by atoms with E-state index in [9.17, 15) is 4.79 Å². The molecule has 0 aliphatic carbocycles. The molecule has 6 nitrogen and oxygen atoms in total. The zero-order valence-electron chi connectivity index (χ0n) is 13.4. The molecule has 23 heavy (non-hydrogen) atoms. The minimum absolute atomic E-state index is 0.0936. The van der Waals surface area contributed by atoms with Crippen molar-refractivity contribution in [2.75, 3.05) is 26.3 Å². The molecule has 1 aliphatic heterocycles. The molecule has 7 heteroatoms. The zero-order chi connectivity index (χ0) is 16.1. The number of carbonyl (C=O) groups is 1. The van der Waals surface area contributed by atoms with Crippen molar-refractivity contribution in [1.29, 1.82) is 0 Å². The number of aromatic nitrogens is 3. The predicted octanol–water partition coefficient (Wildman–Crippen LogP) is 2.13. The third-order valence-electron chi connectivity index (χ3n) is 4.21. The van der Waals surface area contributed by atoms with E-state index >= 15 is 0 Å². The Kier molecular flexibility index (Phi) is 5.40. The SMILES string of the molecule is CCOCC(=O)N1CCC(c2nccn2Cc2cscn2)CC1. The summed E-state index contributed by atoms with van der Waals surface area (Å²) in [7, 11) is 0. The highest BCUT2D eigenvalue weighted by atomic mass is 32.1. The van der Waals surface area contributed by atoms with Crippen molar-refractivity contribution in [3.8, 4) is 0 Å². The van der Waals surface area contributed by atoms with E-state index in [2.05, 4.69) is 19.9 Å². The number of thiazole rings is 1. The van der Waals surface area contributed by atoms with Gasteiger partial charge >= 0.3 is 0 Å². The van der Waals surface area contributed by atoms with Gasteiger partial charge in [-0.3, -0.25) is 4.79 Å². The van der Waals surface area contributed by atoms with Crippen molar-refractivity contribution in [3.63, 3.8) is 0 Å². The van der Waals surface area contributed by atoms with Crippen LogP contribution in [0.25, 0.3) is 0 Å². The zero-order valence-corrected chi connectivity index (χ0v) is 14.2. The van der Waals surface area contributed by atoms with Crippen LogP contribution in [0.15, 0.2) is 23.3 Å². The molecule has 1 amide bonds. The van der Waals surface area contributed by atoms with Crippen molar-refractivity contribution in [1.82, 2.24) is 19.4 Å². The van der Waals surface area contributed by atoms with Crippen LogP contribution in [-0.4, -0.2) is 51.6 Å². The standard InChI is InChI=1S/C16H22N4O2S/c1-2-22-10-15(21)19-6-3-13(4-7-19)16-17-5-8-20(16)9-14-11-23-12-18-14/h5,8,11-13H,2-4,6-7,9-10H2,1H3. The van der Waals surface area contributed by atoms with E-state index in [0.29, 0.717) is 12.5 Å². The Morgan fingerprint density at radius 3 is 2.91 bits per heavy atom. The third kappa shape index (κ3) is 3.97. The summed E-state index contributed by atoms with van der Waals surface area (Å²) in [6, 6.07) is 0. The molecule has 0 unspecified atom stereocenters. The Labute approximate surface area is 140 Å². The Bertz CT molecular complexity index is 618. The number of piperidine rings is 1. The number of hydrogen-bond donors (Lipinski definition) is 0. The fourth-order valence-corrected chi connectivity index (χ4v) is 3.52. The second-order valence-corrected chi connectivity index (χ2v) is 6.40. The van der Waals surface area contributed by atoms with Gasteiger partial charge < -0.3 is 14.2 Å². The van der Waals surface area contributed by atoms with E-state index in [-0.39, 0.29) is 12.5 Å². The minimum atomic E-state index is 0.0936. The number of likely N-dealkylation sites (tertiary alicyclic amines) is 1. The summed E-state index contributed by atoms with van der Waals surface area (Å²) >= 11 is 1.61. The number of imidazole rings is 1. The monoisotopic (exact) mass is 334 g/mol. The van der Waals surface area contributed by atoms with Gasteiger partial charge in [-0.2, -0.15) is 0 Å². The molecule has 0 N–H and O–H groups in total. The molecule has 0 atom stereocenters. The van der Waals surface area contributed by atoms with E-state index < -0.39 is 0 Å². The number of rotatable bonds is 6. The highest BCUT2D eigenvalue weighted by Gasteiger charge is 2.26. The van der Waals surface area contributed by atoms with Gasteiger partial charge in [-0.15, -0.1) is 11.3 Å². The predicted molar refractivity (Wildman–Crippen MR) is 88.5 cm³/mol. The second kappa shape index (κ2) is 7.70. The van der Waals surface area contributed by atoms with Gasteiger partial charge in [0.25, 0.3) is 0 Å². The summed E-state index contributed by atoms with van der Waals surface area (Å²) in [6.45, 7) is 5.00. The van der Waals surface area contributed by atoms with Gasteiger partial charge in [-0.05, 0) is 19.8 Å². The molecule has 1 aliphatic rings. The Balaban J connectivity index is 1.58. The molecule has 0 radical (unpaired) electrons. The van der Waals surface area contributed by atoms with Crippen molar-refractivity contribution < 1.29 is 9.53 Å². The Morgan fingerprint density at radius 1 is 1.39 bits per heavy atom. The third-order valence-corrected chi connectivity index (χ3v) is 4.84. The number of amides is 1. The normalized spacial score (nSPS) is 16.0. The van der Waals surface area contributed by atoms with Crippen LogP contribution < -0.4 is 0 Å². The first-order chi connectivity index (χ1) is 11.3. The second-order valence-electron chi connectivity index (χ2n) is 5.69. The van der Waals surface area contributed by atoms with E-state index in [0.717, 1.165) is 44.0 Å². The van der Waals surface area contributed by atoms with Crippen molar-refractivity contribution in [3.05, 3.63) is 34.8 Å². The fraction of sp³-hybridized carbons (Fsp3) is 0.562. The van der Waals surface area contributed by atoms with Crippen LogP contribution in [0.1, 0.15) is 37.2 Å². The van der Waals surface area contributed by atoms with E-state index in [1.165, 1.54) is 0 Å². The maximum atomic E-state index is 12.0. The largest absolute Gasteiger partial charge is 0.372 e. The molecule has 124 valence electrons. The van der Waals surface area contributed by atoms with Crippen molar-refractivity contribution in [2.45, 2.75) is 32.2 Å². The van der Waals surface area contributed by atoms with Gasteiger partial charge in [-0.25, -0.2) is 9.97 Å². The maximum absolute atomic E-state index is 12.0. The molecular weight excluding hydrogens is 312 g/mol. The van der Waals surface area contributed by atoms with Crippen LogP contribution in [0, 0.1) is 0 Å². The Hall–Kier alpha value is -1.73. The van der Waals surface area contributed by atoms with E-state index in [4.69, 9.17) is 4.74 Å². The molecule has 1 saturated heterocycles. The quantitative estimate of drug-likeness (QED) is 0.812. The van der Waals surface area contributed by atoms with Gasteiger partial charge in [0.05, 0.1) is 17.7 Å². The first kappa shape index (κ1) is 16.1. The van der Waals surface area contributed by atoms with E-state index in [1.54, 1.807) is 11.3 Å². The topological polar surface area (TPSA) is 60.2 Å². The van der Waals surface area contributed by atoms with Crippen LogP contribution in [-0.2, 0) is 16.1 Å². The molecule has 0 bridgehead atoms. The molecular formula is C16H22N4O2S. The lowest BCUT2D eigenvalue weighted by Gasteiger charge is -2.31. The van der Waals surface area contributed by atoms with Crippen LogP contribution in [0.2, 0.25) is 0 Å². The van der Waals surface area contributed by atoms with Crippen molar-refractivity contribution >= 4 is 17.2 Å². The fourth-order valence-electron chi connectivity index (χ4n) is 2.97. The molecule has 2 aromatic rings. The van der Waals surface area contributed by atoms with Crippen LogP contribution >= 0.6 is 11.3 Å². The smallest absolute Gasteiger partial charge is 0.248 e. The molecule has 0 saturated carbocycles. The molecule has 0 spiro atoms. The summed E-state index contributed by atoms with van der Waals surface area (Å²) in [4.78, 5) is 22.8. The average Bonchev–Trinajstić information content (AvgIpc) is 3.25. The van der Waals surface area contributed by atoms with Crippen LogP contribution in [0.5, 0.6) is 0 Å². The molecule has 2 aromatic heterocycles. The number of ether oxygens (including phenoxy) is 1. The lowest BCUT2D eigenvalue weighted by molar-refractivity contribution is -0.137. The summed E-state index contributed by atoms with van der Waals surface area (Å²) < 4.78 is 7.39. The van der Waals surface area contributed by atoms with Gasteiger partial charge in [0, 0.05) is 43.4 Å². The molecule has 1 fully saturated rings. The van der Waals surface area contributed by atoms with Gasteiger partial charge in [0.2, 0.25) is 5.91 Å². The van der Waals surface area contributed by atoms with Crippen LogP contribution in [0.3, 0.4) is 0 Å². The first-order valence-corrected chi connectivity index (χ1v) is 8.95. The lowest BCUT2D eigenvalue weighted by Crippen LogP contribution is -2.40. The summed E-state index contributed by atoms with van der Waals surface area (Å²) in [6.07, 6.45) is 5.77. The summed E-state index contributed by atoms with van der Waals surface area (Å²) in [5.41, 5.74) is 2.92. The molecule has 3 heterocycles. The number of hydrogen-bond acceptors (Lipinski definition) is 5. The maximum Gasteiger partial charge on any atom is 0.248 e. The molecule has 0 aromatic carbocycles. The highest BCUT2D eigenvalue weighted by molar-refractivity contribution is 7.07. The highest BCUT2D eigenvalue weighted by Crippen LogP contribution is 2.27.